The van der Waals surface area contributed by atoms with Gasteiger partial charge in [0.05, 0.1) is 0 Å². The van der Waals surface area contributed by atoms with Crippen LogP contribution in [0.1, 0.15) is 49.8 Å². The highest BCUT2D eigenvalue weighted by molar-refractivity contribution is 6.09. The molecule has 0 aromatic heterocycles. The summed E-state index contributed by atoms with van der Waals surface area (Å²) in [6.07, 6.45) is 3.32. The van der Waals surface area contributed by atoms with E-state index in [0.29, 0.717) is 37.4 Å². The number of carbonyl (C=O) groups is 4. The van der Waals surface area contributed by atoms with Crippen LogP contribution in [0.3, 0.4) is 0 Å². The predicted molar refractivity (Wildman–Crippen MR) is 143 cm³/mol. The van der Waals surface area contributed by atoms with Crippen LogP contribution in [0.25, 0.3) is 0 Å². The molecule has 1 saturated heterocycles. The third kappa shape index (κ3) is 5.60. The molecule has 3 N–H and O–H groups in total. The minimum Gasteiger partial charge on any atom is -0.338 e. The summed E-state index contributed by atoms with van der Waals surface area (Å²) in [5.41, 5.74) is 2.29. The summed E-state index contributed by atoms with van der Waals surface area (Å²) in [5, 5.41) is 8.37. The van der Waals surface area contributed by atoms with Crippen LogP contribution in [0, 0.1) is 11.7 Å². The Hall–Kier alpha value is -3.95. The van der Waals surface area contributed by atoms with E-state index < -0.39 is 17.5 Å². The molecule has 2 fully saturated rings. The molecule has 39 heavy (non-hydrogen) atoms. The second-order valence-electron chi connectivity index (χ2n) is 10.8. The molecule has 1 aliphatic heterocycles. The van der Waals surface area contributed by atoms with Crippen LogP contribution in [0.15, 0.2) is 42.5 Å². The molecule has 0 radical (unpaired) electrons. The Bertz CT molecular complexity index is 1300. The Morgan fingerprint density at radius 1 is 1.15 bits per heavy atom. The number of benzene rings is 2. The summed E-state index contributed by atoms with van der Waals surface area (Å²) in [4.78, 5) is 54.8. The fourth-order valence-corrected chi connectivity index (χ4v) is 5.62. The van der Waals surface area contributed by atoms with Crippen molar-refractivity contribution in [1.29, 1.82) is 0 Å². The number of fused-ring (bicyclic) bond motifs is 1. The molecule has 10 heteroatoms. The molecule has 0 bridgehead atoms. The summed E-state index contributed by atoms with van der Waals surface area (Å²) < 4.78 is 13.4. The molecule has 1 heterocycles. The highest BCUT2D eigenvalue weighted by atomic mass is 19.1. The van der Waals surface area contributed by atoms with Crippen molar-refractivity contribution in [3.05, 3.63) is 65.0 Å². The van der Waals surface area contributed by atoms with Crippen molar-refractivity contribution < 1.29 is 23.6 Å². The summed E-state index contributed by atoms with van der Waals surface area (Å²) in [6.45, 7) is 4.29. The van der Waals surface area contributed by atoms with Gasteiger partial charge in [0.15, 0.2) is 0 Å². The Morgan fingerprint density at radius 3 is 2.59 bits per heavy atom. The zero-order valence-electron chi connectivity index (χ0n) is 22.3. The van der Waals surface area contributed by atoms with Crippen molar-refractivity contribution in [3.8, 4) is 0 Å². The summed E-state index contributed by atoms with van der Waals surface area (Å²) >= 11 is 0. The third-order valence-corrected chi connectivity index (χ3v) is 8.04. The maximum atomic E-state index is 13.6. The fraction of sp³-hybridized carbons (Fsp3) is 0.448. The van der Waals surface area contributed by atoms with E-state index in [-0.39, 0.29) is 36.9 Å². The van der Waals surface area contributed by atoms with Gasteiger partial charge in [-0.05, 0) is 86.4 Å². The number of urea groups is 2. The second-order valence-corrected chi connectivity index (χ2v) is 10.8. The number of nitrogens with one attached hydrogen (secondary N) is 3. The first-order valence-electron chi connectivity index (χ1n) is 13.5. The molecule has 2 aliphatic carbocycles. The Kier molecular flexibility index (Phi) is 7.29. The topological polar surface area (TPSA) is 111 Å². The monoisotopic (exact) mass is 535 g/mol. The molecule has 1 saturated carbocycles. The van der Waals surface area contributed by atoms with E-state index in [0.717, 1.165) is 34.4 Å². The van der Waals surface area contributed by atoms with E-state index in [1.165, 1.54) is 12.1 Å². The number of nitrogens with zero attached hydrogens (tertiary/aromatic N) is 2. The van der Waals surface area contributed by atoms with Crippen molar-refractivity contribution in [2.75, 3.05) is 18.4 Å². The first-order chi connectivity index (χ1) is 18.7. The first-order valence-corrected chi connectivity index (χ1v) is 13.5. The van der Waals surface area contributed by atoms with Gasteiger partial charge in [-0.1, -0.05) is 18.2 Å². The Morgan fingerprint density at radius 2 is 1.90 bits per heavy atom. The molecule has 5 rings (SSSR count). The first kappa shape index (κ1) is 26.6. The van der Waals surface area contributed by atoms with Crippen LogP contribution < -0.4 is 16.0 Å². The zero-order chi connectivity index (χ0) is 27.7. The average Bonchev–Trinajstić information content (AvgIpc) is 3.73. The summed E-state index contributed by atoms with van der Waals surface area (Å²) in [7, 11) is 0. The van der Waals surface area contributed by atoms with E-state index in [2.05, 4.69) is 16.0 Å². The fourth-order valence-electron chi connectivity index (χ4n) is 5.62. The number of halogens is 1. The van der Waals surface area contributed by atoms with Gasteiger partial charge in [0.1, 0.15) is 17.9 Å². The average molecular weight is 536 g/mol. The van der Waals surface area contributed by atoms with Crippen molar-refractivity contribution in [2.45, 2.75) is 64.1 Å². The van der Waals surface area contributed by atoms with Crippen molar-refractivity contribution in [3.63, 3.8) is 0 Å². The molecule has 2 aromatic carbocycles. The quantitative estimate of drug-likeness (QED) is 0.449. The number of amides is 6. The van der Waals surface area contributed by atoms with Crippen LogP contribution in [0.2, 0.25) is 0 Å². The molecule has 206 valence electrons. The van der Waals surface area contributed by atoms with Crippen LogP contribution in [0.4, 0.5) is 19.7 Å². The molecular weight excluding hydrogens is 501 g/mol. The molecule has 6 amide bonds. The lowest BCUT2D eigenvalue weighted by Gasteiger charge is -2.33. The minimum atomic E-state index is -1.09. The lowest BCUT2D eigenvalue weighted by molar-refractivity contribution is -0.141. The van der Waals surface area contributed by atoms with Gasteiger partial charge in [0.25, 0.3) is 5.91 Å². The molecule has 2 unspecified atom stereocenters. The number of rotatable bonds is 8. The minimum absolute atomic E-state index is 0.0546. The van der Waals surface area contributed by atoms with E-state index in [1.807, 2.05) is 26.0 Å². The van der Waals surface area contributed by atoms with Gasteiger partial charge in [0, 0.05) is 31.2 Å². The Labute approximate surface area is 227 Å². The third-order valence-electron chi connectivity index (χ3n) is 8.04. The van der Waals surface area contributed by atoms with Crippen LogP contribution in [-0.4, -0.2) is 58.3 Å². The van der Waals surface area contributed by atoms with Crippen LogP contribution >= 0.6 is 0 Å². The lowest BCUT2D eigenvalue weighted by Crippen LogP contribution is -2.52. The van der Waals surface area contributed by atoms with Gasteiger partial charge >= 0.3 is 12.1 Å². The number of carbonyl (C=O) groups excluding carboxylic acids is 4. The maximum absolute atomic E-state index is 13.6. The highest BCUT2D eigenvalue weighted by Gasteiger charge is 2.53. The van der Waals surface area contributed by atoms with Gasteiger partial charge < -0.3 is 20.9 Å². The standard InChI is InChI=1S/C29H34FN5O4/c1-3-31-27(38)32-24-11-8-22-15-29(13-12-21(22)14-24)26(37)35(28(39)33-29)17-25(36)34(18(2)20-6-7-20)16-19-4-9-23(30)10-5-19/h4-5,8-11,14,18,20H,3,6-7,12-13,15-17H2,1-2H3,(H,33,39)(H2,31,32,38). The van der Waals surface area contributed by atoms with Crippen molar-refractivity contribution in [1.82, 2.24) is 20.4 Å². The van der Waals surface area contributed by atoms with Crippen molar-refractivity contribution in [2.24, 2.45) is 5.92 Å². The molecule has 2 aromatic rings. The van der Waals surface area contributed by atoms with Crippen molar-refractivity contribution >= 4 is 29.6 Å². The predicted octanol–water partition coefficient (Wildman–Crippen LogP) is 3.57. The number of imide groups is 1. The van der Waals surface area contributed by atoms with E-state index in [9.17, 15) is 23.6 Å². The number of aryl methyl sites for hydroxylation is 1. The van der Waals surface area contributed by atoms with E-state index >= 15 is 0 Å². The van der Waals surface area contributed by atoms with E-state index in [1.54, 1.807) is 23.1 Å². The Balaban J connectivity index is 1.29. The van der Waals surface area contributed by atoms with Gasteiger partial charge in [-0.25, -0.2) is 14.0 Å². The van der Waals surface area contributed by atoms with Gasteiger partial charge in [-0.2, -0.15) is 0 Å². The number of anilines is 1. The molecular formula is C29H34FN5O4. The second kappa shape index (κ2) is 10.7. The molecule has 2 atom stereocenters. The van der Waals surface area contributed by atoms with Gasteiger partial charge in [0.2, 0.25) is 5.91 Å². The number of hydrogen-bond donors (Lipinski definition) is 3. The van der Waals surface area contributed by atoms with E-state index in [4.69, 9.17) is 0 Å². The summed E-state index contributed by atoms with van der Waals surface area (Å²) in [5.74, 6) is -0.667. The summed E-state index contributed by atoms with van der Waals surface area (Å²) in [6, 6.07) is 10.7. The lowest BCUT2D eigenvalue weighted by atomic mass is 9.77. The smallest absolute Gasteiger partial charge is 0.325 e. The molecule has 1 spiro atoms. The number of hydrogen-bond acceptors (Lipinski definition) is 4. The zero-order valence-corrected chi connectivity index (χ0v) is 22.3. The van der Waals surface area contributed by atoms with Crippen LogP contribution in [-0.2, 0) is 29.0 Å². The molecule has 3 aliphatic rings. The van der Waals surface area contributed by atoms with Crippen LogP contribution in [0.5, 0.6) is 0 Å². The largest absolute Gasteiger partial charge is 0.338 e. The van der Waals surface area contributed by atoms with Gasteiger partial charge in [-0.15, -0.1) is 0 Å². The SMILES string of the molecule is CCNC(=O)Nc1ccc2c(c1)CCC1(C2)NC(=O)N(CC(=O)N(Cc2ccc(F)cc2)C(C)C2CC2)C1=O. The maximum Gasteiger partial charge on any atom is 0.325 e. The normalized spacial score (nSPS) is 20.8. The van der Waals surface area contributed by atoms with Gasteiger partial charge in [-0.3, -0.25) is 14.5 Å². The highest BCUT2D eigenvalue weighted by Crippen LogP contribution is 2.37. The molecule has 9 nitrogen and oxygen atoms in total.